The number of ether oxygens (including phenoxy) is 2. The molecule has 4 aromatic rings. The van der Waals surface area contributed by atoms with E-state index in [0.29, 0.717) is 35.7 Å². The molecule has 5 rings (SSSR count). The largest absolute Gasteiger partial charge is 0.495 e. The molecule has 3 aromatic carbocycles. The number of fused-ring (bicyclic) bond motifs is 2. The lowest BCUT2D eigenvalue weighted by Gasteiger charge is -2.41. The topological polar surface area (TPSA) is 72.8 Å². The minimum atomic E-state index is -0.651. The maximum absolute atomic E-state index is 14.2. The summed E-state index contributed by atoms with van der Waals surface area (Å²) in [6.07, 6.45) is 2.03. The van der Waals surface area contributed by atoms with Crippen molar-refractivity contribution in [3.63, 3.8) is 0 Å². The first-order valence-corrected chi connectivity index (χ1v) is 12.3. The van der Waals surface area contributed by atoms with E-state index in [2.05, 4.69) is 5.32 Å². The fourth-order valence-electron chi connectivity index (χ4n) is 5.40. The van der Waals surface area contributed by atoms with Gasteiger partial charge in [-0.15, -0.1) is 0 Å². The van der Waals surface area contributed by atoms with Crippen LogP contribution in [0, 0.1) is 6.92 Å². The number of benzene rings is 3. The second-order valence-electron chi connectivity index (χ2n) is 9.41. The standard InChI is InChI=1S/C30H31N3O4/c1-19-13-14-26(37-4)24(17-19)31-29(34)27-21-10-5-6-11-22(21)30(35)33(15-16-36-3)28(27)23-18-32(2)25-12-8-7-9-20(23)25/h5-14,17-18,27-28H,15-16H2,1-4H3,(H,31,34). The van der Waals surface area contributed by atoms with Gasteiger partial charge in [0, 0.05) is 48.9 Å². The van der Waals surface area contributed by atoms with Crippen LogP contribution in [0.1, 0.15) is 39.0 Å². The summed E-state index contributed by atoms with van der Waals surface area (Å²) in [6.45, 7) is 2.68. The van der Waals surface area contributed by atoms with Crippen molar-refractivity contribution >= 4 is 28.4 Å². The van der Waals surface area contributed by atoms with E-state index < -0.39 is 12.0 Å². The van der Waals surface area contributed by atoms with E-state index in [0.717, 1.165) is 22.0 Å². The summed E-state index contributed by atoms with van der Waals surface area (Å²) >= 11 is 0. The van der Waals surface area contributed by atoms with Gasteiger partial charge in [-0.05, 0) is 42.3 Å². The first kappa shape index (κ1) is 24.6. The molecule has 0 saturated carbocycles. The van der Waals surface area contributed by atoms with Crippen LogP contribution in [0.15, 0.2) is 72.9 Å². The summed E-state index contributed by atoms with van der Waals surface area (Å²) in [5.41, 5.74) is 4.81. The van der Waals surface area contributed by atoms with Crippen molar-refractivity contribution in [3.8, 4) is 5.75 Å². The van der Waals surface area contributed by atoms with Crippen LogP contribution in [0.5, 0.6) is 5.75 Å². The van der Waals surface area contributed by atoms with Crippen molar-refractivity contribution in [1.82, 2.24) is 9.47 Å². The number of para-hydroxylation sites is 1. The summed E-state index contributed by atoms with van der Waals surface area (Å²) in [4.78, 5) is 29.8. The van der Waals surface area contributed by atoms with Gasteiger partial charge in [0.1, 0.15) is 5.75 Å². The SMILES string of the molecule is COCCN1C(=O)c2ccccc2C(C(=O)Nc2cc(C)ccc2OC)C1c1cn(C)c2ccccc12. The molecule has 2 unspecified atom stereocenters. The number of aryl methyl sites for hydroxylation is 2. The second-order valence-corrected chi connectivity index (χ2v) is 9.41. The summed E-state index contributed by atoms with van der Waals surface area (Å²) in [5.74, 6) is -0.383. The third-order valence-electron chi connectivity index (χ3n) is 7.12. The van der Waals surface area contributed by atoms with Crippen molar-refractivity contribution in [2.75, 3.05) is 32.7 Å². The Morgan fingerprint density at radius 2 is 1.76 bits per heavy atom. The van der Waals surface area contributed by atoms with Crippen LogP contribution in [0.3, 0.4) is 0 Å². The van der Waals surface area contributed by atoms with Crippen LogP contribution < -0.4 is 10.1 Å². The fraction of sp³-hybridized carbons (Fsp3) is 0.267. The van der Waals surface area contributed by atoms with E-state index in [1.165, 1.54) is 0 Å². The van der Waals surface area contributed by atoms with E-state index in [-0.39, 0.29) is 11.8 Å². The molecule has 1 aromatic heterocycles. The Bertz CT molecular complexity index is 1470. The summed E-state index contributed by atoms with van der Waals surface area (Å²) < 4.78 is 12.9. The van der Waals surface area contributed by atoms with Gasteiger partial charge in [0.2, 0.25) is 5.91 Å². The smallest absolute Gasteiger partial charge is 0.254 e. The molecule has 2 heterocycles. The van der Waals surface area contributed by atoms with Gasteiger partial charge in [0.25, 0.3) is 5.91 Å². The van der Waals surface area contributed by atoms with E-state index in [4.69, 9.17) is 9.47 Å². The Morgan fingerprint density at radius 3 is 2.54 bits per heavy atom. The number of rotatable bonds is 7. The molecular formula is C30H31N3O4. The van der Waals surface area contributed by atoms with Crippen molar-refractivity contribution in [2.24, 2.45) is 7.05 Å². The first-order chi connectivity index (χ1) is 17.9. The van der Waals surface area contributed by atoms with Crippen LogP contribution in [-0.2, 0) is 16.6 Å². The number of hydrogen-bond acceptors (Lipinski definition) is 4. The molecule has 1 N–H and O–H groups in total. The van der Waals surface area contributed by atoms with Crippen molar-refractivity contribution < 1.29 is 19.1 Å². The second kappa shape index (κ2) is 10.1. The van der Waals surface area contributed by atoms with Crippen LogP contribution in [0.25, 0.3) is 10.9 Å². The highest BCUT2D eigenvalue weighted by atomic mass is 16.5. The summed E-state index contributed by atoms with van der Waals surface area (Å²) in [6, 6.07) is 20.6. The minimum absolute atomic E-state index is 0.109. The Labute approximate surface area is 216 Å². The molecule has 7 heteroatoms. The van der Waals surface area contributed by atoms with Gasteiger partial charge in [0.15, 0.2) is 0 Å². The van der Waals surface area contributed by atoms with Gasteiger partial charge >= 0.3 is 0 Å². The zero-order valence-corrected chi connectivity index (χ0v) is 21.5. The maximum Gasteiger partial charge on any atom is 0.254 e. The monoisotopic (exact) mass is 497 g/mol. The Hall–Kier alpha value is -4.10. The fourth-order valence-corrected chi connectivity index (χ4v) is 5.40. The lowest BCUT2D eigenvalue weighted by atomic mass is 9.79. The maximum atomic E-state index is 14.2. The Morgan fingerprint density at radius 1 is 1.00 bits per heavy atom. The Kier molecular flexibility index (Phi) is 6.72. The quantitative estimate of drug-likeness (QED) is 0.387. The molecule has 1 aliphatic heterocycles. The van der Waals surface area contributed by atoms with E-state index in [1.54, 1.807) is 25.2 Å². The number of nitrogens with zero attached hydrogens (tertiary/aromatic N) is 2. The number of carbonyl (C=O) groups is 2. The average Bonchev–Trinajstić information content (AvgIpc) is 3.24. The van der Waals surface area contributed by atoms with Crippen LogP contribution in [0.4, 0.5) is 5.69 Å². The predicted molar refractivity (Wildman–Crippen MR) is 144 cm³/mol. The molecule has 0 saturated heterocycles. The molecule has 37 heavy (non-hydrogen) atoms. The minimum Gasteiger partial charge on any atom is -0.495 e. The highest BCUT2D eigenvalue weighted by molar-refractivity contribution is 6.05. The number of aromatic nitrogens is 1. The molecule has 2 atom stereocenters. The molecule has 7 nitrogen and oxygen atoms in total. The van der Waals surface area contributed by atoms with E-state index >= 15 is 0 Å². The van der Waals surface area contributed by atoms with Gasteiger partial charge in [-0.25, -0.2) is 0 Å². The number of nitrogens with one attached hydrogen (secondary N) is 1. The lowest BCUT2D eigenvalue weighted by Crippen LogP contribution is -2.47. The third-order valence-corrected chi connectivity index (χ3v) is 7.12. The molecule has 0 fully saturated rings. The molecule has 1 aliphatic rings. The van der Waals surface area contributed by atoms with Gasteiger partial charge in [0.05, 0.1) is 31.4 Å². The number of hydrogen-bond donors (Lipinski definition) is 1. The van der Waals surface area contributed by atoms with E-state index in [9.17, 15) is 9.59 Å². The zero-order chi connectivity index (χ0) is 26.1. The Balaban J connectivity index is 1.70. The normalized spacial score (nSPS) is 17.1. The van der Waals surface area contributed by atoms with Crippen molar-refractivity contribution in [1.29, 1.82) is 0 Å². The zero-order valence-electron chi connectivity index (χ0n) is 21.5. The summed E-state index contributed by atoms with van der Waals surface area (Å²) in [7, 11) is 5.18. The van der Waals surface area contributed by atoms with Gasteiger partial charge in [-0.3, -0.25) is 9.59 Å². The lowest BCUT2D eigenvalue weighted by molar-refractivity contribution is -0.119. The molecule has 190 valence electrons. The third kappa shape index (κ3) is 4.36. The van der Waals surface area contributed by atoms with Gasteiger partial charge in [-0.2, -0.15) is 0 Å². The first-order valence-electron chi connectivity index (χ1n) is 12.3. The molecule has 0 bridgehead atoms. The number of anilines is 1. The molecular weight excluding hydrogens is 466 g/mol. The molecule has 0 spiro atoms. The van der Waals surface area contributed by atoms with Crippen molar-refractivity contribution in [3.05, 3.63) is 95.2 Å². The van der Waals surface area contributed by atoms with Gasteiger partial charge in [-0.1, -0.05) is 42.5 Å². The highest BCUT2D eigenvalue weighted by Gasteiger charge is 2.45. The van der Waals surface area contributed by atoms with Crippen LogP contribution >= 0.6 is 0 Å². The predicted octanol–water partition coefficient (Wildman–Crippen LogP) is 5.06. The van der Waals surface area contributed by atoms with Crippen LogP contribution in [-0.4, -0.2) is 48.7 Å². The van der Waals surface area contributed by atoms with Crippen molar-refractivity contribution in [2.45, 2.75) is 18.9 Å². The van der Waals surface area contributed by atoms with E-state index in [1.807, 2.05) is 85.4 Å². The summed E-state index contributed by atoms with van der Waals surface area (Å²) in [5, 5.41) is 4.13. The molecule has 0 radical (unpaired) electrons. The number of carbonyl (C=O) groups excluding carboxylic acids is 2. The number of methoxy groups -OCH3 is 2. The number of amides is 2. The van der Waals surface area contributed by atoms with Gasteiger partial charge < -0.3 is 24.3 Å². The molecule has 2 amide bonds. The highest BCUT2D eigenvalue weighted by Crippen LogP contribution is 2.45. The average molecular weight is 498 g/mol. The van der Waals surface area contributed by atoms with Crippen LogP contribution in [0.2, 0.25) is 0 Å². The molecule has 0 aliphatic carbocycles.